The number of primary amides is 1. The predicted octanol–water partition coefficient (Wildman–Crippen LogP) is 1.70. The number of hydrogen-bond acceptors (Lipinski definition) is 3. The second-order valence-electron chi connectivity index (χ2n) is 4.29. The van der Waals surface area contributed by atoms with Gasteiger partial charge in [0, 0.05) is 35.6 Å². The summed E-state index contributed by atoms with van der Waals surface area (Å²) in [5.74, 6) is 0.633. The smallest absolute Gasteiger partial charge is 0.221 e. The zero-order chi connectivity index (χ0) is 12.5. The van der Waals surface area contributed by atoms with E-state index < -0.39 is 0 Å². The van der Waals surface area contributed by atoms with Crippen LogP contribution in [-0.4, -0.2) is 15.5 Å². The molecule has 1 atom stereocenters. The van der Waals surface area contributed by atoms with Crippen LogP contribution in [0.4, 0.5) is 0 Å². The van der Waals surface area contributed by atoms with Gasteiger partial charge in [0.1, 0.15) is 5.37 Å². The van der Waals surface area contributed by atoms with Gasteiger partial charge in [-0.1, -0.05) is 6.07 Å². The summed E-state index contributed by atoms with van der Waals surface area (Å²) >= 11 is 1.84. The number of hydrogen-bond donors (Lipinski definition) is 1. The van der Waals surface area contributed by atoms with E-state index in [0.717, 1.165) is 11.3 Å². The van der Waals surface area contributed by atoms with Gasteiger partial charge in [-0.15, -0.1) is 11.8 Å². The molecule has 1 aliphatic rings. The van der Waals surface area contributed by atoms with E-state index in [4.69, 9.17) is 5.73 Å². The second-order valence-corrected chi connectivity index (χ2v) is 5.36. The summed E-state index contributed by atoms with van der Waals surface area (Å²) in [7, 11) is 0. The van der Waals surface area contributed by atoms with Crippen LogP contribution in [0.15, 0.2) is 36.8 Å². The van der Waals surface area contributed by atoms with Crippen molar-refractivity contribution in [3.63, 3.8) is 0 Å². The molecule has 3 rings (SSSR count). The van der Waals surface area contributed by atoms with E-state index in [1.165, 1.54) is 11.3 Å². The van der Waals surface area contributed by atoms with Crippen LogP contribution >= 0.6 is 11.8 Å². The summed E-state index contributed by atoms with van der Waals surface area (Å²) in [5, 5.41) is 0.260. The molecule has 5 heteroatoms. The zero-order valence-electron chi connectivity index (χ0n) is 9.74. The highest BCUT2D eigenvalue weighted by atomic mass is 32.2. The Morgan fingerprint density at radius 1 is 1.56 bits per heavy atom. The number of carbonyl (C=O) groups is 1. The van der Waals surface area contributed by atoms with Crippen molar-refractivity contribution >= 4 is 17.7 Å². The van der Waals surface area contributed by atoms with E-state index in [9.17, 15) is 4.79 Å². The summed E-state index contributed by atoms with van der Waals surface area (Å²) in [6.45, 7) is 0. The van der Waals surface area contributed by atoms with E-state index >= 15 is 0 Å². The lowest BCUT2D eigenvalue weighted by Crippen LogP contribution is -2.14. The van der Waals surface area contributed by atoms with E-state index in [1.807, 2.05) is 36.3 Å². The lowest BCUT2D eigenvalue weighted by Gasteiger charge is -2.11. The Bertz CT molecular complexity index is 579. The molecule has 2 N–H and O–H groups in total. The van der Waals surface area contributed by atoms with Crippen molar-refractivity contribution in [3.8, 4) is 0 Å². The molecule has 0 aliphatic carbocycles. The summed E-state index contributed by atoms with van der Waals surface area (Å²) in [6, 6.07) is 6.01. The molecular formula is C13H13N3OS. The van der Waals surface area contributed by atoms with Crippen LogP contribution in [0.3, 0.4) is 0 Å². The topological polar surface area (TPSA) is 60.9 Å². The van der Waals surface area contributed by atoms with Crippen LogP contribution in [-0.2, 0) is 17.0 Å². The lowest BCUT2D eigenvalue weighted by atomic mass is 10.2. The third-order valence-corrected chi connectivity index (χ3v) is 4.34. The monoisotopic (exact) mass is 259 g/mol. The first kappa shape index (κ1) is 11.3. The fourth-order valence-corrected chi connectivity index (χ4v) is 3.62. The highest BCUT2D eigenvalue weighted by molar-refractivity contribution is 7.99. The normalized spacial score (nSPS) is 17.7. The minimum absolute atomic E-state index is 0.260. The number of carbonyl (C=O) groups excluding carboxylic acids is 1. The van der Waals surface area contributed by atoms with Gasteiger partial charge < -0.3 is 10.3 Å². The highest BCUT2D eigenvalue weighted by Crippen LogP contribution is 2.41. The van der Waals surface area contributed by atoms with Crippen molar-refractivity contribution in [2.75, 3.05) is 0 Å². The number of aromatic nitrogens is 2. The highest BCUT2D eigenvalue weighted by Gasteiger charge is 2.26. The molecule has 18 heavy (non-hydrogen) atoms. The minimum atomic E-state index is -0.279. The molecule has 1 aliphatic heterocycles. The van der Waals surface area contributed by atoms with Gasteiger partial charge in [0.2, 0.25) is 5.91 Å². The van der Waals surface area contributed by atoms with Gasteiger partial charge in [0.25, 0.3) is 0 Å². The Hall–Kier alpha value is -1.75. The van der Waals surface area contributed by atoms with Crippen LogP contribution in [0.25, 0.3) is 0 Å². The largest absolute Gasteiger partial charge is 0.369 e. The third-order valence-electron chi connectivity index (χ3n) is 3.08. The number of fused-ring (bicyclic) bond motifs is 1. The van der Waals surface area contributed by atoms with Crippen LogP contribution < -0.4 is 5.73 Å². The van der Waals surface area contributed by atoms with E-state index in [1.54, 1.807) is 6.20 Å². The SMILES string of the molecule is NC(=O)Cc1ccn2c1CSC2c1cccnc1. The maximum absolute atomic E-state index is 11.0. The van der Waals surface area contributed by atoms with Crippen molar-refractivity contribution in [1.82, 2.24) is 9.55 Å². The first-order valence-corrected chi connectivity index (χ1v) is 6.79. The van der Waals surface area contributed by atoms with E-state index in [2.05, 4.69) is 15.6 Å². The number of amides is 1. The number of nitrogens with zero attached hydrogens (tertiary/aromatic N) is 2. The molecule has 1 unspecified atom stereocenters. The van der Waals surface area contributed by atoms with Gasteiger partial charge in [0.05, 0.1) is 6.42 Å². The molecule has 0 aromatic carbocycles. The molecule has 4 nitrogen and oxygen atoms in total. The zero-order valence-corrected chi connectivity index (χ0v) is 10.6. The number of nitrogens with two attached hydrogens (primary N) is 1. The lowest BCUT2D eigenvalue weighted by molar-refractivity contribution is -0.117. The van der Waals surface area contributed by atoms with Crippen molar-refractivity contribution < 1.29 is 4.79 Å². The van der Waals surface area contributed by atoms with Crippen LogP contribution in [0.5, 0.6) is 0 Å². The molecule has 92 valence electrons. The molecule has 0 spiro atoms. The van der Waals surface area contributed by atoms with Crippen molar-refractivity contribution in [2.24, 2.45) is 5.73 Å². The van der Waals surface area contributed by atoms with Crippen molar-refractivity contribution in [1.29, 1.82) is 0 Å². The summed E-state index contributed by atoms with van der Waals surface area (Å²) in [5.41, 5.74) is 8.69. The molecule has 2 aromatic rings. The van der Waals surface area contributed by atoms with Gasteiger partial charge in [-0.25, -0.2) is 0 Å². The van der Waals surface area contributed by atoms with E-state index in [0.29, 0.717) is 6.42 Å². The average Bonchev–Trinajstić information content (AvgIpc) is 2.93. The molecule has 1 amide bonds. The Morgan fingerprint density at radius 3 is 3.17 bits per heavy atom. The van der Waals surface area contributed by atoms with Crippen LogP contribution in [0.2, 0.25) is 0 Å². The molecular weight excluding hydrogens is 246 g/mol. The first-order valence-electron chi connectivity index (χ1n) is 5.74. The van der Waals surface area contributed by atoms with Gasteiger partial charge in [-0.3, -0.25) is 9.78 Å². The summed E-state index contributed by atoms with van der Waals surface area (Å²) in [4.78, 5) is 15.2. The molecule has 0 saturated carbocycles. The first-order chi connectivity index (χ1) is 8.75. The molecule has 0 saturated heterocycles. The average molecular weight is 259 g/mol. The Labute approximate surface area is 109 Å². The third kappa shape index (κ3) is 1.90. The minimum Gasteiger partial charge on any atom is -0.369 e. The fourth-order valence-electron chi connectivity index (χ4n) is 2.27. The Morgan fingerprint density at radius 2 is 2.44 bits per heavy atom. The standard InChI is InChI=1S/C13H13N3OS/c14-12(17)6-9-3-5-16-11(9)8-18-13(16)10-2-1-4-15-7-10/h1-5,7,13H,6,8H2,(H2,14,17). The van der Waals surface area contributed by atoms with Gasteiger partial charge in [0.15, 0.2) is 0 Å². The Balaban J connectivity index is 1.94. The number of pyridine rings is 1. The Kier molecular flexibility index (Phi) is 2.83. The molecule has 0 radical (unpaired) electrons. The van der Waals surface area contributed by atoms with Crippen LogP contribution in [0, 0.1) is 0 Å². The number of rotatable bonds is 3. The van der Waals surface area contributed by atoms with E-state index in [-0.39, 0.29) is 11.3 Å². The molecule has 3 heterocycles. The van der Waals surface area contributed by atoms with Gasteiger partial charge in [-0.05, 0) is 17.7 Å². The fraction of sp³-hybridized carbons (Fsp3) is 0.231. The predicted molar refractivity (Wildman–Crippen MR) is 71.0 cm³/mol. The maximum Gasteiger partial charge on any atom is 0.221 e. The quantitative estimate of drug-likeness (QED) is 0.912. The van der Waals surface area contributed by atoms with Crippen molar-refractivity contribution in [3.05, 3.63) is 53.6 Å². The van der Waals surface area contributed by atoms with Crippen molar-refractivity contribution in [2.45, 2.75) is 17.5 Å². The number of thioether (sulfide) groups is 1. The molecule has 0 fully saturated rings. The summed E-state index contributed by atoms with van der Waals surface area (Å²) in [6.07, 6.45) is 6.02. The summed E-state index contributed by atoms with van der Waals surface area (Å²) < 4.78 is 2.21. The molecule has 0 bridgehead atoms. The second kappa shape index (κ2) is 4.49. The molecule has 2 aromatic heterocycles. The van der Waals surface area contributed by atoms with Crippen LogP contribution in [0.1, 0.15) is 22.2 Å². The van der Waals surface area contributed by atoms with Gasteiger partial charge in [-0.2, -0.15) is 0 Å². The maximum atomic E-state index is 11.0. The van der Waals surface area contributed by atoms with Gasteiger partial charge >= 0.3 is 0 Å².